The second kappa shape index (κ2) is 3.02. The Morgan fingerprint density at radius 2 is 2.23 bits per heavy atom. The first-order valence-corrected chi connectivity index (χ1v) is 4.87. The molecule has 2 heterocycles. The molecule has 0 aliphatic carbocycles. The molecule has 1 N–H and O–H groups in total. The van der Waals surface area contributed by atoms with E-state index < -0.39 is 0 Å². The molecule has 0 saturated carbocycles. The number of hydrogen-bond acceptors (Lipinski definition) is 2. The van der Waals surface area contributed by atoms with Gasteiger partial charge in [0.2, 0.25) is 0 Å². The summed E-state index contributed by atoms with van der Waals surface area (Å²) in [6, 6.07) is 0.739. The average molecular weight is 176 g/mol. The number of aliphatic imine (C=N–C) groups is 1. The summed E-state index contributed by atoms with van der Waals surface area (Å²) in [5, 5.41) is 3.48. The Hall–Kier alpha value is -1.05. The normalized spacial score (nSPS) is 31.1. The summed E-state index contributed by atoms with van der Waals surface area (Å²) in [6.45, 7) is 6.46. The van der Waals surface area contributed by atoms with E-state index in [-0.39, 0.29) is 0 Å². The van der Waals surface area contributed by atoms with Gasteiger partial charge in [-0.25, -0.2) is 0 Å². The molecule has 0 fully saturated rings. The van der Waals surface area contributed by atoms with Gasteiger partial charge in [0, 0.05) is 11.4 Å². The standard InChI is InChI=1S/C11H16N2/c1-7(2)10-6-11-9(13-10)5-4-8(3)12-11/h4-7,9,11,13H,1-3H3. The lowest BCUT2D eigenvalue weighted by Gasteiger charge is -2.18. The van der Waals surface area contributed by atoms with E-state index in [0.29, 0.717) is 18.0 Å². The van der Waals surface area contributed by atoms with Gasteiger partial charge in [-0.05, 0) is 25.0 Å². The van der Waals surface area contributed by atoms with E-state index in [1.165, 1.54) is 5.70 Å². The molecule has 0 aromatic carbocycles. The number of allylic oxidation sites excluding steroid dienone is 2. The van der Waals surface area contributed by atoms with Crippen LogP contribution in [0, 0.1) is 5.92 Å². The highest BCUT2D eigenvalue weighted by atomic mass is 15.0. The first-order valence-electron chi connectivity index (χ1n) is 4.87. The van der Waals surface area contributed by atoms with Crippen molar-refractivity contribution in [2.24, 2.45) is 10.9 Å². The van der Waals surface area contributed by atoms with Crippen molar-refractivity contribution in [1.82, 2.24) is 5.32 Å². The van der Waals surface area contributed by atoms with Crippen LogP contribution in [0.15, 0.2) is 28.9 Å². The fourth-order valence-electron chi connectivity index (χ4n) is 1.77. The van der Waals surface area contributed by atoms with Crippen LogP contribution in [0.25, 0.3) is 0 Å². The van der Waals surface area contributed by atoms with Crippen molar-refractivity contribution in [3.05, 3.63) is 23.9 Å². The van der Waals surface area contributed by atoms with Crippen molar-refractivity contribution in [2.75, 3.05) is 0 Å². The van der Waals surface area contributed by atoms with Gasteiger partial charge in [0.25, 0.3) is 0 Å². The third-order valence-electron chi connectivity index (χ3n) is 2.57. The smallest absolute Gasteiger partial charge is 0.0939 e. The lowest BCUT2D eigenvalue weighted by Crippen LogP contribution is -2.32. The van der Waals surface area contributed by atoms with Gasteiger partial charge in [-0.3, -0.25) is 4.99 Å². The molecule has 0 radical (unpaired) electrons. The first-order chi connectivity index (χ1) is 6.16. The highest BCUT2D eigenvalue weighted by Gasteiger charge is 2.27. The van der Waals surface area contributed by atoms with E-state index in [4.69, 9.17) is 0 Å². The molecule has 2 aliphatic heterocycles. The number of nitrogens with one attached hydrogen (secondary N) is 1. The fourth-order valence-corrected chi connectivity index (χ4v) is 1.77. The van der Waals surface area contributed by atoms with Crippen molar-refractivity contribution in [2.45, 2.75) is 32.9 Å². The molecule has 0 aromatic rings. The molecule has 2 atom stereocenters. The zero-order chi connectivity index (χ0) is 9.42. The molecule has 2 nitrogen and oxygen atoms in total. The molecule has 2 unspecified atom stereocenters. The van der Waals surface area contributed by atoms with Crippen LogP contribution in [0.5, 0.6) is 0 Å². The van der Waals surface area contributed by atoms with Gasteiger partial charge in [-0.15, -0.1) is 0 Å². The number of rotatable bonds is 1. The molecule has 0 saturated heterocycles. The second-order valence-corrected chi connectivity index (χ2v) is 4.07. The molecule has 0 bridgehead atoms. The summed E-state index contributed by atoms with van der Waals surface area (Å²) in [6.07, 6.45) is 6.55. The molecule has 2 aliphatic rings. The molecular weight excluding hydrogens is 160 g/mol. The van der Waals surface area contributed by atoms with Crippen molar-refractivity contribution in [3.63, 3.8) is 0 Å². The summed E-state index contributed by atoms with van der Waals surface area (Å²) in [5.41, 5.74) is 2.46. The maximum atomic E-state index is 4.57. The lowest BCUT2D eigenvalue weighted by molar-refractivity contribution is 0.610. The van der Waals surface area contributed by atoms with Gasteiger partial charge in [-0.1, -0.05) is 19.9 Å². The highest BCUT2D eigenvalue weighted by molar-refractivity contribution is 5.94. The van der Waals surface area contributed by atoms with Gasteiger partial charge < -0.3 is 5.32 Å². The third kappa shape index (κ3) is 1.53. The van der Waals surface area contributed by atoms with Crippen molar-refractivity contribution >= 4 is 5.71 Å². The fraction of sp³-hybridized carbons (Fsp3) is 0.545. The summed E-state index contributed by atoms with van der Waals surface area (Å²) >= 11 is 0. The number of nitrogens with zero attached hydrogens (tertiary/aromatic N) is 1. The Morgan fingerprint density at radius 1 is 1.46 bits per heavy atom. The zero-order valence-corrected chi connectivity index (χ0v) is 8.41. The van der Waals surface area contributed by atoms with Crippen molar-refractivity contribution in [3.8, 4) is 0 Å². The second-order valence-electron chi connectivity index (χ2n) is 4.07. The van der Waals surface area contributed by atoms with Gasteiger partial charge in [0.05, 0.1) is 12.1 Å². The van der Waals surface area contributed by atoms with Crippen LogP contribution in [0.2, 0.25) is 0 Å². The van der Waals surface area contributed by atoms with Crippen LogP contribution < -0.4 is 5.32 Å². The van der Waals surface area contributed by atoms with Gasteiger partial charge in [0.15, 0.2) is 0 Å². The van der Waals surface area contributed by atoms with E-state index >= 15 is 0 Å². The predicted octanol–water partition coefficient (Wildman–Crippen LogP) is 1.90. The summed E-state index contributed by atoms with van der Waals surface area (Å²) in [5.74, 6) is 0.578. The van der Waals surface area contributed by atoms with Crippen LogP contribution in [0.3, 0.4) is 0 Å². The molecule has 13 heavy (non-hydrogen) atoms. The van der Waals surface area contributed by atoms with Gasteiger partial charge >= 0.3 is 0 Å². The van der Waals surface area contributed by atoms with Crippen molar-refractivity contribution in [1.29, 1.82) is 0 Å². The Bertz CT molecular complexity index is 297. The first kappa shape index (κ1) is 8.54. The van der Waals surface area contributed by atoms with E-state index in [9.17, 15) is 0 Å². The highest BCUT2D eigenvalue weighted by Crippen LogP contribution is 2.22. The van der Waals surface area contributed by atoms with E-state index in [1.54, 1.807) is 0 Å². The van der Waals surface area contributed by atoms with Crippen LogP contribution in [-0.4, -0.2) is 17.8 Å². The molecule has 0 aromatic heterocycles. The van der Waals surface area contributed by atoms with Crippen LogP contribution in [0.1, 0.15) is 20.8 Å². The molecule has 2 heteroatoms. The summed E-state index contributed by atoms with van der Waals surface area (Å²) < 4.78 is 0. The minimum atomic E-state index is 0.336. The molecule has 2 rings (SSSR count). The predicted molar refractivity (Wildman–Crippen MR) is 55.9 cm³/mol. The van der Waals surface area contributed by atoms with Crippen LogP contribution in [0.4, 0.5) is 0 Å². The largest absolute Gasteiger partial charge is 0.380 e. The van der Waals surface area contributed by atoms with Gasteiger partial charge in [-0.2, -0.15) is 0 Å². The molecule has 0 spiro atoms. The molecular formula is C11H16N2. The Morgan fingerprint density at radius 3 is 2.92 bits per heavy atom. The number of dihydropyridines is 1. The zero-order valence-electron chi connectivity index (χ0n) is 8.41. The summed E-state index contributed by atoms with van der Waals surface area (Å²) in [4.78, 5) is 4.57. The Labute approximate surface area is 79.4 Å². The SMILES string of the molecule is CC1=NC2C=C(C(C)C)NC2C=C1. The quantitative estimate of drug-likeness (QED) is 0.648. The Balaban J connectivity index is 2.19. The monoisotopic (exact) mass is 176 g/mol. The number of fused-ring (bicyclic) bond motifs is 1. The number of hydrogen-bond donors (Lipinski definition) is 1. The minimum absolute atomic E-state index is 0.336. The third-order valence-corrected chi connectivity index (χ3v) is 2.57. The van der Waals surface area contributed by atoms with E-state index in [1.807, 2.05) is 6.92 Å². The maximum Gasteiger partial charge on any atom is 0.0939 e. The van der Waals surface area contributed by atoms with Crippen LogP contribution in [-0.2, 0) is 0 Å². The lowest BCUT2D eigenvalue weighted by atomic mass is 10.1. The topological polar surface area (TPSA) is 24.4 Å². The van der Waals surface area contributed by atoms with E-state index in [2.05, 4.69) is 42.4 Å². The molecule has 0 amide bonds. The van der Waals surface area contributed by atoms with E-state index in [0.717, 1.165) is 5.71 Å². The molecule has 70 valence electrons. The minimum Gasteiger partial charge on any atom is -0.380 e. The van der Waals surface area contributed by atoms with Crippen LogP contribution >= 0.6 is 0 Å². The van der Waals surface area contributed by atoms with Crippen molar-refractivity contribution < 1.29 is 0 Å². The summed E-state index contributed by atoms with van der Waals surface area (Å²) in [7, 11) is 0. The average Bonchev–Trinajstić information content (AvgIpc) is 2.46. The maximum absolute atomic E-state index is 4.57. The van der Waals surface area contributed by atoms with Gasteiger partial charge in [0.1, 0.15) is 0 Å². The Kier molecular flexibility index (Phi) is 1.98.